The first-order valence-electron chi connectivity index (χ1n) is 7.24. The van der Waals surface area contributed by atoms with Gasteiger partial charge in [0.15, 0.2) is 0 Å². The van der Waals surface area contributed by atoms with Crippen LogP contribution in [0, 0.1) is 0 Å². The Morgan fingerprint density at radius 2 is 2.00 bits per heavy atom. The van der Waals surface area contributed by atoms with Crippen LogP contribution in [0.2, 0.25) is 0 Å². The standard InChI is InChI=1S/C16H18N4O/c1-2-11-3-5-13(6-4-11)19-16-17-10-9-14(20-16)15(21)18-12-7-8-12/h3-6,9-10,12H,2,7-8H2,1H3,(H,18,21)(H,17,19,20). The summed E-state index contributed by atoms with van der Waals surface area (Å²) in [4.78, 5) is 20.4. The van der Waals surface area contributed by atoms with E-state index in [1.807, 2.05) is 12.1 Å². The van der Waals surface area contributed by atoms with Crippen molar-refractivity contribution in [1.82, 2.24) is 15.3 Å². The lowest BCUT2D eigenvalue weighted by Crippen LogP contribution is -2.26. The van der Waals surface area contributed by atoms with Gasteiger partial charge in [0.2, 0.25) is 5.95 Å². The lowest BCUT2D eigenvalue weighted by molar-refractivity contribution is 0.0946. The fraction of sp³-hybridized carbons (Fsp3) is 0.312. The number of carbonyl (C=O) groups is 1. The maximum atomic E-state index is 12.0. The monoisotopic (exact) mass is 282 g/mol. The van der Waals surface area contributed by atoms with Gasteiger partial charge in [-0.2, -0.15) is 0 Å². The molecule has 0 radical (unpaired) electrons. The molecule has 21 heavy (non-hydrogen) atoms. The predicted molar refractivity (Wildman–Crippen MR) is 81.6 cm³/mol. The van der Waals surface area contributed by atoms with E-state index in [1.165, 1.54) is 5.56 Å². The number of hydrogen-bond donors (Lipinski definition) is 2. The third-order valence-electron chi connectivity index (χ3n) is 3.42. The van der Waals surface area contributed by atoms with Gasteiger partial charge in [-0.3, -0.25) is 4.79 Å². The summed E-state index contributed by atoms with van der Waals surface area (Å²) in [5.74, 6) is 0.298. The van der Waals surface area contributed by atoms with Crippen molar-refractivity contribution < 1.29 is 4.79 Å². The summed E-state index contributed by atoms with van der Waals surface area (Å²) in [6.07, 6.45) is 4.72. The molecule has 2 aromatic rings. The molecule has 0 spiro atoms. The lowest BCUT2D eigenvalue weighted by Gasteiger charge is -2.07. The Balaban J connectivity index is 1.70. The van der Waals surface area contributed by atoms with Crippen LogP contribution < -0.4 is 10.6 Å². The van der Waals surface area contributed by atoms with Gasteiger partial charge in [-0.1, -0.05) is 19.1 Å². The second kappa shape index (κ2) is 5.91. The minimum atomic E-state index is -0.135. The number of carbonyl (C=O) groups excluding carboxylic acids is 1. The Morgan fingerprint density at radius 1 is 1.24 bits per heavy atom. The highest BCUT2D eigenvalue weighted by molar-refractivity contribution is 5.92. The first-order valence-corrected chi connectivity index (χ1v) is 7.24. The molecule has 1 fully saturated rings. The highest BCUT2D eigenvalue weighted by Crippen LogP contribution is 2.19. The molecule has 1 aliphatic carbocycles. The zero-order valence-electron chi connectivity index (χ0n) is 12.0. The second-order valence-corrected chi connectivity index (χ2v) is 5.19. The lowest BCUT2D eigenvalue weighted by atomic mass is 10.1. The topological polar surface area (TPSA) is 66.9 Å². The van der Waals surface area contributed by atoms with Gasteiger partial charge in [0.25, 0.3) is 5.91 Å². The minimum Gasteiger partial charge on any atom is -0.348 e. The van der Waals surface area contributed by atoms with Crippen molar-refractivity contribution >= 4 is 17.5 Å². The number of nitrogens with zero attached hydrogens (tertiary/aromatic N) is 2. The molecule has 0 saturated heterocycles. The fourth-order valence-electron chi connectivity index (χ4n) is 1.99. The summed E-state index contributed by atoms with van der Waals surface area (Å²) < 4.78 is 0. The van der Waals surface area contributed by atoms with Crippen LogP contribution in [0.25, 0.3) is 0 Å². The van der Waals surface area contributed by atoms with Gasteiger partial charge < -0.3 is 10.6 Å². The molecule has 1 aromatic carbocycles. The molecule has 5 nitrogen and oxygen atoms in total. The van der Waals surface area contributed by atoms with Gasteiger partial charge in [0, 0.05) is 17.9 Å². The average molecular weight is 282 g/mol. The molecule has 1 heterocycles. The van der Waals surface area contributed by atoms with Crippen molar-refractivity contribution in [2.24, 2.45) is 0 Å². The smallest absolute Gasteiger partial charge is 0.270 e. The summed E-state index contributed by atoms with van der Waals surface area (Å²) in [6.45, 7) is 2.12. The largest absolute Gasteiger partial charge is 0.348 e. The predicted octanol–water partition coefficient (Wildman–Crippen LogP) is 2.67. The number of benzene rings is 1. The van der Waals surface area contributed by atoms with E-state index in [0.29, 0.717) is 17.7 Å². The molecule has 0 bridgehead atoms. The molecule has 1 amide bonds. The number of rotatable bonds is 5. The van der Waals surface area contributed by atoms with E-state index >= 15 is 0 Å². The van der Waals surface area contributed by atoms with Crippen molar-refractivity contribution in [3.63, 3.8) is 0 Å². The second-order valence-electron chi connectivity index (χ2n) is 5.19. The molecular formula is C16H18N4O. The van der Waals surface area contributed by atoms with Crippen molar-refractivity contribution in [2.75, 3.05) is 5.32 Å². The fourth-order valence-corrected chi connectivity index (χ4v) is 1.99. The van der Waals surface area contributed by atoms with Gasteiger partial charge in [-0.15, -0.1) is 0 Å². The first kappa shape index (κ1) is 13.5. The highest BCUT2D eigenvalue weighted by atomic mass is 16.2. The number of aromatic nitrogens is 2. The van der Waals surface area contributed by atoms with Crippen LogP contribution in [0.3, 0.4) is 0 Å². The first-order chi connectivity index (χ1) is 10.2. The molecule has 2 N–H and O–H groups in total. The van der Waals surface area contributed by atoms with Crippen LogP contribution in [0.15, 0.2) is 36.5 Å². The van der Waals surface area contributed by atoms with E-state index in [4.69, 9.17) is 0 Å². The Labute approximate surface area is 123 Å². The number of nitrogens with one attached hydrogen (secondary N) is 2. The maximum Gasteiger partial charge on any atom is 0.270 e. The van der Waals surface area contributed by atoms with E-state index < -0.39 is 0 Å². The Kier molecular flexibility index (Phi) is 3.81. The summed E-state index contributed by atoms with van der Waals surface area (Å²) in [7, 11) is 0. The molecule has 0 aliphatic heterocycles. The maximum absolute atomic E-state index is 12.0. The van der Waals surface area contributed by atoms with E-state index in [0.717, 1.165) is 24.9 Å². The third-order valence-corrected chi connectivity index (χ3v) is 3.42. The Morgan fingerprint density at radius 3 is 2.67 bits per heavy atom. The zero-order chi connectivity index (χ0) is 14.7. The number of hydrogen-bond acceptors (Lipinski definition) is 4. The summed E-state index contributed by atoms with van der Waals surface area (Å²) in [5, 5.41) is 6.04. The number of amides is 1. The Bertz CT molecular complexity index is 635. The van der Waals surface area contributed by atoms with Gasteiger partial charge in [0.1, 0.15) is 5.69 Å². The minimum absolute atomic E-state index is 0.135. The quantitative estimate of drug-likeness (QED) is 0.884. The van der Waals surface area contributed by atoms with E-state index in [9.17, 15) is 4.79 Å². The molecule has 0 atom stereocenters. The van der Waals surface area contributed by atoms with Crippen molar-refractivity contribution in [2.45, 2.75) is 32.2 Å². The van der Waals surface area contributed by atoms with Gasteiger partial charge in [0.05, 0.1) is 0 Å². The molecule has 3 rings (SSSR count). The van der Waals surface area contributed by atoms with Crippen LogP contribution in [-0.4, -0.2) is 21.9 Å². The summed E-state index contributed by atoms with van der Waals surface area (Å²) in [5.41, 5.74) is 2.58. The van der Waals surface area contributed by atoms with E-state index in [-0.39, 0.29) is 5.91 Å². The van der Waals surface area contributed by atoms with Crippen LogP contribution in [0.5, 0.6) is 0 Å². The van der Waals surface area contributed by atoms with Crippen LogP contribution >= 0.6 is 0 Å². The SMILES string of the molecule is CCc1ccc(Nc2nccc(C(=O)NC3CC3)n2)cc1. The summed E-state index contributed by atoms with van der Waals surface area (Å²) in [6, 6.07) is 10.0. The number of anilines is 2. The molecule has 108 valence electrons. The van der Waals surface area contributed by atoms with Crippen molar-refractivity contribution in [3.05, 3.63) is 47.8 Å². The number of aryl methyl sites for hydroxylation is 1. The normalized spacial score (nSPS) is 13.8. The van der Waals surface area contributed by atoms with Crippen LogP contribution in [0.1, 0.15) is 35.8 Å². The zero-order valence-corrected chi connectivity index (χ0v) is 12.0. The van der Waals surface area contributed by atoms with Crippen LogP contribution in [-0.2, 0) is 6.42 Å². The van der Waals surface area contributed by atoms with Gasteiger partial charge in [-0.05, 0) is 43.0 Å². The molecular weight excluding hydrogens is 264 g/mol. The molecule has 0 unspecified atom stereocenters. The van der Waals surface area contributed by atoms with Gasteiger partial charge >= 0.3 is 0 Å². The van der Waals surface area contributed by atoms with Crippen LogP contribution in [0.4, 0.5) is 11.6 Å². The van der Waals surface area contributed by atoms with Crippen molar-refractivity contribution in [3.8, 4) is 0 Å². The van der Waals surface area contributed by atoms with Gasteiger partial charge in [-0.25, -0.2) is 9.97 Å². The molecule has 5 heteroatoms. The molecule has 1 aromatic heterocycles. The molecule has 1 aliphatic rings. The average Bonchev–Trinajstić information content (AvgIpc) is 3.32. The van der Waals surface area contributed by atoms with Crippen molar-refractivity contribution in [1.29, 1.82) is 0 Å². The molecule has 1 saturated carbocycles. The van der Waals surface area contributed by atoms with E-state index in [1.54, 1.807) is 12.3 Å². The highest BCUT2D eigenvalue weighted by Gasteiger charge is 2.24. The van der Waals surface area contributed by atoms with E-state index in [2.05, 4.69) is 39.7 Å². The Hall–Kier alpha value is -2.43. The summed E-state index contributed by atoms with van der Waals surface area (Å²) >= 11 is 0. The third kappa shape index (κ3) is 3.56.